The molecule has 1 aromatic carbocycles. The van der Waals surface area contributed by atoms with Crippen LogP contribution in [0.2, 0.25) is 0 Å². The number of nitrogens with zero attached hydrogens (tertiary/aromatic N) is 2. The second-order valence-electron chi connectivity index (χ2n) is 1.97. The van der Waals surface area contributed by atoms with Crippen molar-refractivity contribution >= 4 is 21.6 Å². The molecule has 0 atom stereocenters. The van der Waals surface area contributed by atoms with Crippen LogP contribution in [-0.2, 0) is 0 Å². The molecule has 1 aromatic rings. The van der Waals surface area contributed by atoms with Gasteiger partial charge in [0.2, 0.25) is 0 Å². The van der Waals surface area contributed by atoms with Crippen LogP contribution in [0.5, 0.6) is 0 Å². The minimum Gasteiger partial charge on any atom is -0.232 e. The van der Waals surface area contributed by atoms with Gasteiger partial charge >= 0.3 is 0 Å². The summed E-state index contributed by atoms with van der Waals surface area (Å²) in [6.07, 6.45) is 0. The third-order valence-electron chi connectivity index (χ3n) is 1.18. The van der Waals surface area contributed by atoms with E-state index < -0.39 is 10.3 Å². The van der Waals surface area contributed by atoms with Crippen molar-refractivity contribution in [1.82, 2.24) is 0 Å². The Labute approximate surface area is 75.8 Å². The summed E-state index contributed by atoms with van der Waals surface area (Å²) in [5.74, 6) is 0. The molecule has 0 radical (unpaired) electrons. The summed E-state index contributed by atoms with van der Waals surface area (Å²) in [4.78, 5) is 9.93. The maximum absolute atomic E-state index is 12.5. The molecule has 0 saturated heterocycles. The van der Waals surface area contributed by atoms with Crippen molar-refractivity contribution in [1.29, 1.82) is 0 Å². The SMILES string of the molecule is O=[N+]([O-])N(F)c1ccc(Br)cc1. The Morgan fingerprint density at radius 1 is 1.42 bits per heavy atom. The molecule has 12 heavy (non-hydrogen) atoms. The summed E-state index contributed by atoms with van der Waals surface area (Å²) >= 11 is 3.12. The average molecular weight is 235 g/mol. The van der Waals surface area contributed by atoms with Crippen molar-refractivity contribution in [2.24, 2.45) is 0 Å². The molecule has 0 saturated carbocycles. The van der Waals surface area contributed by atoms with Gasteiger partial charge < -0.3 is 0 Å². The van der Waals surface area contributed by atoms with Gasteiger partial charge in [-0.15, -0.1) is 0 Å². The molecule has 6 heteroatoms. The molecule has 0 spiro atoms. The van der Waals surface area contributed by atoms with Gasteiger partial charge in [-0.1, -0.05) is 15.9 Å². The fourth-order valence-corrected chi connectivity index (χ4v) is 0.923. The van der Waals surface area contributed by atoms with Crippen LogP contribution < -0.4 is 5.23 Å². The molecule has 0 fully saturated rings. The van der Waals surface area contributed by atoms with Crippen molar-refractivity contribution in [3.8, 4) is 0 Å². The maximum atomic E-state index is 12.5. The Balaban J connectivity index is 2.89. The second-order valence-corrected chi connectivity index (χ2v) is 2.89. The first-order valence-corrected chi connectivity index (χ1v) is 3.76. The Hall–Kier alpha value is -1.17. The molecule has 0 aliphatic carbocycles. The summed E-state index contributed by atoms with van der Waals surface area (Å²) in [7, 11) is 0. The molecule has 0 bridgehead atoms. The van der Waals surface area contributed by atoms with Crippen molar-refractivity contribution in [3.63, 3.8) is 0 Å². The van der Waals surface area contributed by atoms with Crippen LogP contribution in [0.3, 0.4) is 0 Å². The third kappa shape index (κ3) is 1.91. The highest BCUT2D eigenvalue weighted by Gasteiger charge is 2.14. The lowest BCUT2D eigenvalue weighted by Gasteiger charge is -2.01. The molecular formula is C6H4BrFN2O2. The summed E-state index contributed by atoms with van der Waals surface area (Å²) in [5.41, 5.74) is -0.108. The van der Waals surface area contributed by atoms with Gasteiger partial charge in [-0.3, -0.25) is 0 Å². The zero-order valence-electron chi connectivity index (χ0n) is 5.78. The largest absolute Gasteiger partial charge is 0.232 e. The molecule has 1 rings (SSSR count). The van der Waals surface area contributed by atoms with Gasteiger partial charge in [0.05, 0.1) is 5.23 Å². The normalized spacial score (nSPS) is 9.50. The molecule has 64 valence electrons. The maximum Gasteiger partial charge on any atom is 0.196 e. The fraction of sp³-hybridized carbons (Fsp3) is 0. The number of anilines is 1. The second kappa shape index (κ2) is 3.48. The minimum atomic E-state index is -1.14. The van der Waals surface area contributed by atoms with Gasteiger partial charge in [0.15, 0.2) is 5.03 Å². The third-order valence-corrected chi connectivity index (χ3v) is 1.71. The summed E-state index contributed by atoms with van der Waals surface area (Å²) < 4.78 is 13.2. The van der Waals surface area contributed by atoms with E-state index in [-0.39, 0.29) is 5.69 Å². The molecule has 0 heterocycles. The zero-order chi connectivity index (χ0) is 9.14. The predicted octanol–water partition coefficient (Wildman–Crippen LogP) is 2.33. The first kappa shape index (κ1) is 8.92. The smallest absolute Gasteiger partial charge is 0.196 e. The molecule has 4 nitrogen and oxygen atoms in total. The highest BCUT2D eigenvalue weighted by Crippen LogP contribution is 2.18. The van der Waals surface area contributed by atoms with Gasteiger partial charge in [0.1, 0.15) is 5.69 Å². The molecule has 0 aliphatic heterocycles. The summed E-state index contributed by atoms with van der Waals surface area (Å²) in [6.45, 7) is 0. The molecule has 0 amide bonds. The lowest BCUT2D eigenvalue weighted by atomic mass is 10.3. The molecule has 0 aliphatic rings. The van der Waals surface area contributed by atoms with Crippen LogP contribution in [-0.4, -0.2) is 5.03 Å². The first-order chi connectivity index (χ1) is 5.61. The number of hydrogen-bond donors (Lipinski definition) is 0. The summed E-state index contributed by atoms with van der Waals surface area (Å²) in [6, 6.07) is 5.64. The van der Waals surface area contributed by atoms with E-state index in [1.54, 1.807) is 0 Å². The van der Waals surface area contributed by atoms with E-state index in [1.807, 2.05) is 0 Å². The van der Waals surface area contributed by atoms with Gasteiger partial charge in [-0.25, -0.2) is 10.1 Å². The van der Waals surface area contributed by atoms with Crippen molar-refractivity contribution < 1.29 is 9.51 Å². The quantitative estimate of drug-likeness (QED) is 0.449. The van der Waals surface area contributed by atoms with Crippen LogP contribution in [0, 0.1) is 10.1 Å². The highest BCUT2D eigenvalue weighted by molar-refractivity contribution is 9.10. The van der Waals surface area contributed by atoms with Gasteiger partial charge in [-0.2, -0.15) is 0 Å². The molecule has 0 aromatic heterocycles. The summed E-state index contributed by atoms with van der Waals surface area (Å²) in [5, 5.41) is 8.26. The van der Waals surface area contributed by atoms with Crippen molar-refractivity contribution in [3.05, 3.63) is 38.9 Å². The van der Waals surface area contributed by atoms with Crippen LogP contribution >= 0.6 is 15.9 Å². The molecule has 0 N–H and O–H groups in total. The fourth-order valence-electron chi connectivity index (χ4n) is 0.658. The Kier molecular flexibility index (Phi) is 2.59. The van der Waals surface area contributed by atoms with E-state index in [2.05, 4.69) is 15.9 Å². The van der Waals surface area contributed by atoms with Crippen LogP contribution in [0.25, 0.3) is 0 Å². The number of hydrazine groups is 1. The van der Waals surface area contributed by atoms with Gasteiger partial charge in [-0.05, 0) is 28.7 Å². The van der Waals surface area contributed by atoms with Gasteiger partial charge in [0.25, 0.3) is 0 Å². The average Bonchev–Trinajstić information content (AvgIpc) is 2.04. The lowest BCUT2D eigenvalue weighted by molar-refractivity contribution is -0.525. The number of rotatable bonds is 2. The van der Waals surface area contributed by atoms with Crippen LogP contribution in [0.4, 0.5) is 10.2 Å². The number of nitro groups is 1. The first-order valence-electron chi connectivity index (χ1n) is 2.97. The van der Waals surface area contributed by atoms with E-state index >= 15 is 0 Å². The van der Waals surface area contributed by atoms with Gasteiger partial charge in [0, 0.05) is 4.47 Å². The zero-order valence-corrected chi connectivity index (χ0v) is 7.36. The van der Waals surface area contributed by atoms with E-state index in [1.165, 1.54) is 24.3 Å². The Morgan fingerprint density at radius 3 is 2.33 bits per heavy atom. The number of halogens is 2. The number of benzene rings is 1. The molecule has 0 unspecified atom stereocenters. The monoisotopic (exact) mass is 234 g/mol. The standard InChI is InChI=1S/C6H4BrFN2O2/c7-5-1-3-6(4-2-5)9(8)10(11)12/h1-4H. The Bertz CT molecular complexity index is 290. The Morgan fingerprint density at radius 2 is 1.92 bits per heavy atom. The van der Waals surface area contributed by atoms with Crippen molar-refractivity contribution in [2.75, 3.05) is 5.23 Å². The van der Waals surface area contributed by atoms with E-state index in [4.69, 9.17) is 0 Å². The van der Waals surface area contributed by atoms with E-state index in [9.17, 15) is 14.6 Å². The van der Waals surface area contributed by atoms with E-state index in [0.717, 1.165) is 4.47 Å². The predicted molar refractivity (Wildman–Crippen MR) is 44.7 cm³/mol. The lowest BCUT2D eigenvalue weighted by Crippen LogP contribution is -2.19. The minimum absolute atomic E-state index is 0.108. The topological polar surface area (TPSA) is 46.4 Å². The van der Waals surface area contributed by atoms with Crippen LogP contribution in [0.1, 0.15) is 0 Å². The van der Waals surface area contributed by atoms with Crippen LogP contribution in [0.15, 0.2) is 28.7 Å². The highest BCUT2D eigenvalue weighted by atomic mass is 79.9. The van der Waals surface area contributed by atoms with Crippen molar-refractivity contribution in [2.45, 2.75) is 0 Å². The van der Waals surface area contributed by atoms with E-state index in [0.29, 0.717) is 0 Å². The number of hydrogen-bond acceptors (Lipinski definition) is 2. The molecular weight excluding hydrogens is 231 g/mol.